The van der Waals surface area contributed by atoms with Gasteiger partial charge >= 0.3 is 0 Å². The molecular weight excluding hydrogens is 398 g/mol. The molecule has 1 spiro atoms. The van der Waals surface area contributed by atoms with Crippen molar-refractivity contribution in [2.75, 3.05) is 31.2 Å². The lowest BCUT2D eigenvalue weighted by Gasteiger charge is -2.44. The Labute approximate surface area is 182 Å². The Hall–Kier alpha value is -2.37. The summed E-state index contributed by atoms with van der Waals surface area (Å²) in [5.41, 5.74) is 2.51. The first-order valence-corrected chi connectivity index (χ1v) is 11.1. The molecular formula is C24H26ClN3O2. The maximum absolute atomic E-state index is 13.0. The summed E-state index contributed by atoms with van der Waals surface area (Å²) in [4.78, 5) is 30.4. The summed E-state index contributed by atoms with van der Waals surface area (Å²) in [7, 11) is 0. The van der Waals surface area contributed by atoms with Crippen LogP contribution in [0.25, 0.3) is 0 Å². The molecule has 2 saturated heterocycles. The second-order valence-electron chi connectivity index (χ2n) is 8.66. The zero-order valence-electron chi connectivity index (χ0n) is 16.9. The molecule has 2 heterocycles. The number of para-hydroxylation sites is 1. The molecule has 1 atom stereocenters. The summed E-state index contributed by atoms with van der Waals surface area (Å²) >= 11 is 6.09. The number of hydrogen-bond donors (Lipinski definition) is 1. The second kappa shape index (κ2) is 7.71. The standard InChI is InChI=1S/C24H26ClN3O2/c25-19-8-9-21-17(14-19)6-7-18(22(21)29)15-27-12-10-24(11-13-27)23(30)26-16-28(24)20-4-2-1-3-5-20/h1-5,8-9,14,18H,6-7,10-13,15-16H2,(H,26,30). The summed E-state index contributed by atoms with van der Waals surface area (Å²) in [5, 5.41) is 3.74. The number of Topliss-reactive ketones (excluding diaryl/α,β-unsaturated/α-hetero) is 1. The summed E-state index contributed by atoms with van der Waals surface area (Å²) in [6, 6.07) is 15.8. The highest BCUT2D eigenvalue weighted by molar-refractivity contribution is 6.30. The number of likely N-dealkylation sites (tertiary alicyclic amines) is 1. The van der Waals surface area contributed by atoms with Crippen LogP contribution in [0.15, 0.2) is 48.5 Å². The number of amides is 1. The van der Waals surface area contributed by atoms with E-state index >= 15 is 0 Å². The predicted octanol–water partition coefficient (Wildman–Crippen LogP) is 3.51. The molecule has 1 N–H and O–H groups in total. The number of benzene rings is 2. The Balaban J connectivity index is 1.27. The van der Waals surface area contributed by atoms with Crippen molar-refractivity contribution >= 4 is 29.0 Å². The van der Waals surface area contributed by atoms with E-state index in [4.69, 9.17) is 11.6 Å². The molecule has 5 nitrogen and oxygen atoms in total. The van der Waals surface area contributed by atoms with Gasteiger partial charge in [-0.3, -0.25) is 9.59 Å². The molecule has 2 aliphatic heterocycles. The van der Waals surface area contributed by atoms with Crippen molar-refractivity contribution in [3.05, 3.63) is 64.7 Å². The van der Waals surface area contributed by atoms with Crippen molar-refractivity contribution in [2.24, 2.45) is 5.92 Å². The largest absolute Gasteiger partial charge is 0.339 e. The molecule has 1 amide bonds. The van der Waals surface area contributed by atoms with E-state index in [2.05, 4.69) is 27.2 Å². The third-order valence-electron chi connectivity index (χ3n) is 7.03. The molecule has 0 saturated carbocycles. The first-order chi connectivity index (χ1) is 14.6. The van der Waals surface area contributed by atoms with Gasteiger partial charge in [-0.05, 0) is 61.6 Å². The van der Waals surface area contributed by atoms with Crippen LogP contribution >= 0.6 is 11.6 Å². The van der Waals surface area contributed by atoms with Crippen molar-refractivity contribution in [3.63, 3.8) is 0 Å². The maximum Gasteiger partial charge on any atom is 0.247 e. The SMILES string of the molecule is O=C1c2ccc(Cl)cc2CCC1CN1CCC2(CC1)C(=O)NCN2c1ccccc1. The van der Waals surface area contributed by atoms with E-state index in [0.29, 0.717) is 11.7 Å². The Morgan fingerprint density at radius 2 is 1.83 bits per heavy atom. The van der Waals surface area contributed by atoms with Gasteiger partial charge in [0.1, 0.15) is 5.54 Å². The molecule has 2 aromatic rings. The van der Waals surface area contributed by atoms with Crippen LogP contribution in [0.1, 0.15) is 35.2 Å². The molecule has 30 heavy (non-hydrogen) atoms. The Kier molecular flexibility index (Phi) is 5.03. The molecule has 6 heteroatoms. The number of nitrogens with zero attached hydrogens (tertiary/aromatic N) is 2. The van der Waals surface area contributed by atoms with E-state index in [1.807, 2.05) is 36.4 Å². The number of ketones is 1. The number of hydrogen-bond acceptors (Lipinski definition) is 4. The lowest BCUT2D eigenvalue weighted by atomic mass is 9.81. The van der Waals surface area contributed by atoms with Gasteiger partial charge < -0.3 is 15.1 Å². The summed E-state index contributed by atoms with van der Waals surface area (Å²) in [5.74, 6) is 0.388. The lowest BCUT2D eigenvalue weighted by Crippen LogP contribution is -2.57. The number of rotatable bonds is 3. The van der Waals surface area contributed by atoms with E-state index in [1.165, 1.54) is 0 Å². The van der Waals surface area contributed by atoms with Crippen LogP contribution in [0.2, 0.25) is 5.02 Å². The normalized spacial score (nSPS) is 23.5. The van der Waals surface area contributed by atoms with E-state index in [0.717, 1.165) is 62.1 Å². The van der Waals surface area contributed by atoms with Gasteiger partial charge in [0.2, 0.25) is 5.91 Å². The fourth-order valence-electron chi connectivity index (χ4n) is 5.31. The van der Waals surface area contributed by atoms with Crippen LogP contribution < -0.4 is 10.2 Å². The smallest absolute Gasteiger partial charge is 0.247 e. The van der Waals surface area contributed by atoms with E-state index < -0.39 is 5.54 Å². The molecule has 2 aromatic carbocycles. The minimum absolute atomic E-state index is 0.0235. The fraction of sp³-hybridized carbons (Fsp3) is 0.417. The number of piperidine rings is 1. The zero-order valence-corrected chi connectivity index (χ0v) is 17.7. The average molecular weight is 424 g/mol. The zero-order chi connectivity index (χ0) is 20.7. The third-order valence-corrected chi connectivity index (χ3v) is 7.27. The molecule has 3 aliphatic rings. The first kappa shape index (κ1) is 19.6. The van der Waals surface area contributed by atoms with Gasteiger partial charge in [0.25, 0.3) is 0 Å². The van der Waals surface area contributed by atoms with Crippen LogP contribution in [-0.4, -0.2) is 48.4 Å². The Bertz CT molecular complexity index is 970. The highest BCUT2D eigenvalue weighted by Crippen LogP contribution is 2.37. The number of fused-ring (bicyclic) bond motifs is 1. The minimum Gasteiger partial charge on any atom is -0.339 e. The summed E-state index contributed by atoms with van der Waals surface area (Å²) in [6.07, 6.45) is 3.32. The Morgan fingerprint density at radius 1 is 1.07 bits per heavy atom. The molecule has 0 aromatic heterocycles. The van der Waals surface area contributed by atoms with E-state index in [1.54, 1.807) is 0 Å². The van der Waals surface area contributed by atoms with E-state index in [9.17, 15) is 9.59 Å². The highest BCUT2D eigenvalue weighted by atomic mass is 35.5. The second-order valence-corrected chi connectivity index (χ2v) is 9.10. The van der Waals surface area contributed by atoms with Crippen molar-refractivity contribution in [2.45, 2.75) is 31.2 Å². The minimum atomic E-state index is -0.474. The van der Waals surface area contributed by atoms with Gasteiger partial charge in [-0.15, -0.1) is 0 Å². The van der Waals surface area contributed by atoms with Crippen LogP contribution in [0.3, 0.4) is 0 Å². The number of carbonyl (C=O) groups excluding carboxylic acids is 2. The van der Waals surface area contributed by atoms with Crippen LogP contribution in [0, 0.1) is 5.92 Å². The molecule has 156 valence electrons. The predicted molar refractivity (Wildman–Crippen MR) is 118 cm³/mol. The molecule has 2 fully saturated rings. The maximum atomic E-state index is 13.0. The van der Waals surface area contributed by atoms with Gasteiger partial charge in [-0.2, -0.15) is 0 Å². The topological polar surface area (TPSA) is 52.7 Å². The van der Waals surface area contributed by atoms with E-state index in [-0.39, 0.29) is 17.6 Å². The highest BCUT2D eigenvalue weighted by Gasteiger charge is 2.50. The molecule has 1 aliphatic carbocycles. The van der Waals surface area contributed by atoms with Crippen molar-refractivity contribution in [1.29, 1.82) is 0 Å². The summed E-state index contributed by atoms with van der Waals surface area (Å²) < 4.78 is 0. The number of carbonyl (C=O) groups is 2. The number of anilines is 1. The van der Waals surface area contributed by atoms with Crippen LogP contribution in [0.5, 0.6) is 0 Å². The van der Waals surface area contributed by atoms with Crippen LogP contribution in [0.4, 0.5) is 5.69 Å². The van der Waals surface area contributed by atoms with Gasteiger partial charge in [0.05, 0.1) is 6.67 Å². The number of aryl methyl sites for hydroxylation is 1. The molecule has 1 unspecified atom stereocenters. The van der Waals surface area contributed by atoms with Crippen LogP contribution in [-0.2, 0) is 11.2 Å². The van der Waals surface area contributed by atoms with Crippen molar-refractivity contribution in [3.8, 4) is 0 Å². The van der Waals surface area contributed by atoms with Gasteiger partial charge in [-0.25, -0.2) is 0 Å². The number of halogens is 1. The lowest BCUT2D eigenvalue weighted by molar-refractivity contribution is -0.125. The fourth-order valence-corrected chi connectivity index (χ4v) is 5.51. The quantitative estimate of drug-likeness (QED) is 0.820. The molecule has 5 rings (SSSR count). The van der Waals surface area contributed by atoms with Crippen molar-refractivity contribution in [1.82, 2.24) is 10.2 Å². The monoisotopic (exact) mass is 423 g/mol. The van der Waals surface area contributed by atoms with Gasteiger partial charge in [-0.1, -0.05) is 29.8 Å². The Morgan fingerprint density at radius 3 is 2.60 bits per heavy atom. The number of nitrogens with one attached hydrogen (secondary N) is 1. The summed E-state index contributed by atoms with van der Waals surface area (Å²) in [6.45, 7) is 2.98. The van der Waals surface area contributed by atoms with Crippen molar-refractivity contribution < 1.29 is 9.59 Å². The third kappa shape index (κ3) is 3.30. The first-order valence-electron chi connectivity index (χ1n) is 10.7. The average Bonchev–Trinajstić information content (AvgIpc) is 3.08. The van der Waals surface area contributed by atoms with Gasteiger partial charge in [0.15, 0.2) is 5.78 Å². The van der Waals surface area contributed by atoms with Gasteiger partial charge in [0, 0.05) is 41.8 Å². The molecule has 0 radical (unpaired) electrons. The molecule has 0 bridgehead atoms.